The number of ether oxygens (including phenoxy) is 1. The molecule has 0 aliphatic carbocycles. The van der Waals surface area contributed by atoms with E-state index < -0.39 is 0 Å². The standard InChI is InChI=1S/C13H19N5O/c1-2-18-3-4-19-12(9-18)8-17-13-10(6-14)5-11(15)7-16-13/h5,7,12H,2-4,8-9,15H2,1H3,(H,16,17). The van der Waals surface area contributed by atoms with Gasteiger partial charge in [-0.15, -0.1) is 0 Å². The van der Waals surface area contributed by atoms with Crippen molar-refractivity contribution in [2.45, 2.75) is 13.0 Å². The molecule has 19 heavy (non-hydrogen) atoms. The monoisotopic (exact) mass is 261 g/mol. The molecule has 6 nitrogen and oxygen atoms in total. The number of anilines is 2. The van der Waals surface area contributed by atoms with Crippen molar-refractivity contribution in [1.82, 2.24) is 9.88 Å². The summed E-state index contributed by atoms with van der Waals surface area (Å²) in [7, 11) is 0. The van der Waals surface area contributed by atoms with Crippen LogP contribution in [0.15, 0.2) is 12.3 Å². The van der Waals surface area contributed by atoms with Gasteiger partial charge in [-0.25, -0.2) is 4.98 Å². The minimum Gasteiger partial charge on any atom is -0.397 e. The minimum absolute atomic E-state index is 0.125. The lowest BCUT2D eigenvalue weighted by molar-refractivity contribution is -0.0192. The molecule has 3 N–H and O–H groups in total. The van der Waals surface area contributed by atoms with Crippen LogP contribution < -0.4 is 11.1 Å². The molecule has 1 fully saturated rings. The van der Waals surface area contributed by atoms with Crippen LogP contribution in [0.5, 0.6) is 0 Å². The Balaban J connectivity index is 1.93. The summed E-state index contributed by atoms with van der Waals surface area (Å²) < 4.78 is 5.69. The van der Waals surface area contributed by atoms with Gasteiger partial charge in [0.25, 0.3) is 0 Å². The Hall–Kier alpha value is -1.84. The first-order valence-corrected chi connectivity index (χ1v) is 6.46. The van der Waals surface area contributed by atoms with Gasteiger partial charge in [-0.2, -0.15) is 5.26 Å². The molecule has 6 heteroatoms. The molecule has 0 radical (unpaired) electrons. The van der Waals surface area contributed by atoms with Gasteiger partial charge in [0.2, 0.25) is 0 Å². The molecule has 1 aliphatic rings. The smallest absolute Gasteiger partial charge is 0.144 e. The van der Waals surface area contributed by atoms with Crippen molar-refractivity contribution >= 4 is 11.5 Å². The van der Waals surface area contributed by atoms with Crippen LogP contribution in [0, 0.1) is 11.3 Å². The first kappa shape index (κ1) is 13.6. The highest BCUT2D eigenvalue weighted by atomic mass is 16.5. The number of hydrogen-bond donors (Lipinski definition) is 2. The number of nitrogen functional groups attached to an aromatic ring is 1. The molecule has 102 valence electrons. The molecule has 0 spiro atoms. The fourth-order valence-corrected chi connectivity index (χ4v) is 2.11. The quantitative estimate of drug-likeness (QED) is 0.828. The Bertz CT molecular complexity index is 471. The number of likely N-dealkylation sites (N-methyl/N-ethyl adjacent to an activating group) is 1. The fourth-order valence-electron chi connectivity index (χ4n) is 2.11. The zero-order valence-electron chi connectivity index (χ0n) is 11.1. The van der Waals surface area contributed by atoms with Crippen LogP contribution >= 0.6 is 0 Å². The number of pyridine rings is 1. The highest BCUT2D eigenvalue weighted by molar-refractivity contribution is 5.57. The van der Waals surface area contributed by atoms with E-state index in [-0.39, 0.29) is 6.10 Å². The van der Waals surface area contributed by atoms with Crippen LogP contribution in [-0.4, -0.2) is 48.8 Å². The molecule has 0 amide bonds. The second-order valence-electron chi connectivity index (χ2n) is 4.54. The zero-order valence-corrected chi connectivity index (χ0v) is 11.1. The van der Waals surface area contributed by atoms with E-state index in [4.69, 9.17) is 15.7 Å². The number of nitriles is 1. The van der Waals surface area contributed by atoms with E-state index in [9.17, 15) is 0 Å². The second kappa shape index (κ2) is 6.36. The van der Waals surface area contributed by atoms with Crippen molar-refractivity contribution < 1.29 is 4.74 Å². The van der Waals surface area contributed by atoms with Crippen LogP contribution in [0.4, 0.5) is 11.5 Å². The van der Waals surface area contributed by atoms with Crippen molar-refractivity contribution in [3.8, 4) is 6.07 Å². The third-order valence-corrected chi connectivity index (χ3v) is 3.20. The molecule has 1 saturated heterocycles. The highest BCUT2D eigenvalue weighted by Gasteiger charge is 2.19. The maximum absolute atomic E-state index is 9.03. The summed E-state index contributed by atoms with van der Waals surface area (Å²) in [6.45, 7) is 6.45. The molecule has 1 aliphatic heterocycles. The lowest BCUT2D eigenvalue weighted by Crippen LogP contribution is -2.45. The Kier molecular flexibility index (Phi) is 4.55. The largest absolute Gasteiger partial charge is 0.397 e. The first-order chi connectivity index (χ1) is 9.22. The molecule has 1 atom stereocenters. The Labute approximate surface area is 113 Å². The van der Waals surface area contributed by atoms with Gasteiger partial charge in [0.05, 0.1) is 30.2 Å². The van der Waals surface area contributed by atoms with Gasteiger partial charge in [-0.1, -0.05) is 6.92 Å². The van der Waals surface area contributed by atoms with Gasteiger partial charge in [0, 0.05) is 19.6 Å². The molecule has 0 aromatic carbocycles. The summed E-state index contributed by atoms with van der Waals surface area (Å²) in [5, 5.41) is 12.2. The maximum atomic E-state index is 9.03. The molecule has 0 saturated carbocycles. The van der Waals surface area contributed by atoms with Crippen molar-refractivity contribution in [3.63, 3.8) is 0 Å². The number of aromatic nitrogens is 1. The lowest BCUT2D eigenvalue weighted by Gasteiger charge is -2.32. The van der Waals surface area contributed by atoms with Crippen molar-refractivity contribution in [1.29, 1.82) is 5.26 Å². The van der Waals surface area contributed by atoms with Crippen LogP contribution in [0.2, 0.25) is 0 Å². The van der Waals surface area contributed by atoms with Crippen LogP contribution in [0.25, 0.3) is 0 Å². The summed E-state index contributed by atoms with van der Waals surface area (Å²) in [6, 6.07) is 3.71. The average Bonchev–Trinajstić information content (AvgIpc) is 2.46. The number of nitrogens with two attached hydrogens (primary N) is 1. The SMILES string of the molecule is CCN1CCOC(CNc2ncc(N)cc2C#N)C1. The molecular formula is C13H19N5O. The van der Waals surface area contributed by atoms with E-state index in [1.54, 1.807) is 12.3 Å². The summed E-state index contributed by atoms with van der Waals surface area (Å²) in [5.41, 5.74) is 6.56. The second-order valence-corrected chi connectivity index (χ2v) is 4.54. The predicted molar refractivity (Wildman–Crippen MR) is 73.7 cm³/mol. The van der Waals surface area contributed by atoms with Gasteiger partial charge in [-0.05, 0) is 12.6 Å². The summed E-state index contributed by atoms with van der Waals surface area (Å²) >= 11 is 0. The normalized spacial score (nSPS) is 19.9. The van der Waals surface area contributed by atoms with Crippen molar-refractivity contribution in [2.24, 2.45) is 0 Å². The number of morpholine rings is 1. The van der Waals surface area contributed by atoms with Gasteiger partial charge < -0.3 is 15.8 Å². The third-order valence-electron chi connectivity index (χ3n) is 3.20. The van der Waals surface area contributed by atoms with Crippen LogP contribution in [0.3, 0.4) is 0 Å². The number of nitrogens with one attached hydrogen (secondary N) is 1. The number of rotatable bonds is 4. The Morgan fingerprint density at radius 2 is 2.53 bits per heavy atom. The van der Waals surface area contributed by atoms with Gasteiger partial charge in [0.1, 0.15) is 11.9 Å². The summed E-state index contributed by atoms with van der Waals surface area (Å²) in [4.78, 5) is 6.49. The predicted octanol–water partition coefficient (Wildman–Crippen LogP) is 0.668. The van der Waals surface area contributed by atoms with Gasteiger partial charge in [0.15, 0.2) is 0 Å². The minimum atomic E-state index is 0.125. The van der Waals surface area contributed by atoms with E-state index in [0.717, 1.165) is 26.2 Å². The first-order valence-electron chi connectivity index (χ1n) is 6.46. The molecule has 1 aromatic heterocycles. The molecule has 1 unspecified atom stereocenters. The lowest BCUT2D eigenvalue weighted by atomic mass is 10.2. The summed E-state index contributed by atoms with van der Waals surface area (Å²) in [6.07, 6.45) is 1.67. The van der Waals surface area contributed by atoms with E-state index in [0.29, 0.717) is 23.6 Å². The number of hydrogen-bond acceptors (Lipinski definition) is 6. The molecule has 0 bridgehead atoms. The van der Waals surface area contributed by atoms with Gasteiger partial charge >= 0.3 is 0 Å². The molecular weight excluding hydrogens is 242 g/mol. The average molecular weight is 261 g/mol. The van der Waals surface area contributed by atoms with Crippen molar-refractivity contribution in [3.05, 3.63) is 17.8 Å². The molecule has 2 rings (SSSR count). The maximum Gasteiger partial charge on any atom is 0.144 e. The summed E-state index contributed by atoms with van der Waals surface area (Å²) in [5.74, 6) is 0.564. The van der Waals surface area contributed by atoms with Crippen LogP contribution in [-0.2, 0) is 4.74 Å². The molecule has 1 aromatic rings. The third kappa shape index (κ3) is 3.56. The molecule has 2 heterocycles. The zero-order chi connectivity index (χ0) is 13.7. The highest BCUT2D eigenvalue weighted by Crippen LogP contribution is 2.15. The van der Waals surface area contributed by atoms with E-state index in [1.807, 2.05) is 0 Å². The van der Waals surface area contributed by atoms with E-state index in [2.05, 4.69) is 28.2 Å². The van der Waals surface area contributed by atoms with E-state index in [1.165, 1.54) is 0 Å². The Morgan fingerprint density at radius 1 is 1.68 bits per heavy atom. The Morgan fingerprint density at radius 3 is 3.26 bits per heavy atom. The fraction of sp³-hybridized carbons (Fsp3) is 0.538. The van der Waals surface area contributed by atoms with Gasteiger partial charge in [-0.3, -0.25) is 4.90 Å². The van der Waals surface area contributed by atoms with Crippen LogP contribution in [0.1, 0.15) is 12.5 Å². The topological polar surface area (TPSA) is 87.2 Å². The van der Waals surface area contributed by atoms with E-state index >= 15 is 0 Å². The van der Waals surface area contributed by atoms with Crippen molar-refractivity contribution in [2.75, 3.05) is 43.8 Å². The number of nitrogens with zero attached hydrogens (tertiary/aromatic N) is 3.